The fourth-order valence-electron chi connectivity index (χ4n) is 1.44. The van der Waals surface area contributed by atoms with Gasteiger partial charge in [-0.2, -0.15) is 0 Å². The molecule has 0 aliphatic carbocycles. The average molecular weight is 235 g/mol. The van der Waals surface area contributed by atoms with Crippen LogP contribution in [0.3, 0.4) is 0 Å². The van der Waals surface area contributed by atoms with Gasteiger partial charge in [0.1, 0.15) is 5.76 Å². The zero-order valence-electron chi connectivity index (χ0n) is 9.94. The van der Waals surface area contributed by atoms with Crippen LogP contribution in [0.2, 0.25) is 0 Å². The zero-order valence-corrected chi connectivity index (χ0v) is 9.94. The maximum Gasteiger partial charge on any atom is 0.376 e. The molecule has 0 spiro atoms. The molecular formula is C12H13NO4. The van der Waals surface area contributed by atoms with E-state index in [2.05, 4.69) is 4.98 Å². The third-order valence-electron chi connectivity index (χ3n) is 2.21. The van der Waals surface area contributed by atoms with Crippen molar-refractivity contribution in [3.8, 4) is 11.7 Å². The third kappa shape index (κ3) is 2.22. The van der Waals surface area contributed by atoms with Crippen molar-refractivity contribution in [1.82, 2.24) is 4.98 Å². The second kappa shape index (κ2) is 4.45. The molecule has 0 aliphatic rings. The summed E-state index contributed by atoms with van der Waals surface area (Å²) in [7, 11) is 0. The number of hydrogen-bond acceptors (Lipinski definition) is 5. The molecule has 5 nitrogen and oxygen atoms in total. The predicted molar refractivity (Wildman–Crippen MR) is 59.6 cm³/mol. The van der Waals surface area contributed by atoms with Crippen molar-refractivity contribution in [2.45, 2.75) is 20.8 Å². The van der Waals surface area contributed by atoms with Gasteiger partial charge in [0.25, 0.3) is 5.89 Å². The first-order valence-electron chi connectivity index (χ1n) is 5.33. The number of aromatic nitrogens is 1. The molecule has 0 aliphatic heterocycles. The normalized spacial score (nSPS) is 10.5. The number of rotatable bonds is 3. The number of ether oxygens (including phenoxy) is 1. The van der Waals surface area contributed by atoms with Gasteiger partial charge < -0.3 is 13.6 Å². The second-order valence-electron chi connectivity index (χ2n) is 3.56. The molecule has 0 aromatic carbocycles. The van der Waals surface area contributed by atoms with Crippen LogP contribution in [0.1, 0.15) is 28.9 Å². The Morgan fingerprint density at radius 3 is 2.71 bits per heavy atom. The van der Waals surface area contributed by atoms with Crippen LogP contribution in [0, 0.1) is 13.8 Å². The van der Waals surface area contributed by atoms with Gasteiger partial charge in [-0.25, -0.2) is 9.78 Å². The summed E-state index contributed by atoms with van der Waals surface area (Å²) in [6.07, 6.45) is 0. The van der Waals surface area contributed by atoms with Gasteiger partial charge in [-0.3, -0.25) is 0 Å². The number of nitrogens with zero attached hydrogens (tertiary/aromatic N) is 1. The first kappa shape index (κ1) is 11.4. The molecule has 2 heterocycles. The molecule has 17 heavy (non-hydrogen) atoms. The SMILES string of the molecule is CCOC(=O)c1oc(-c2ccc(C)o2)nc1C. The smallest absolute Gasteiger partial charge is 0.376 e. The van der Waals surface area contributed by atoms with Gasteiger partial charge in [-0.15, -0.1) is 0 Å². The van der Waals surface area contributed by atoms with Crippen LogP contribution in [0.25, 0.3) is 11.7 Å². The Bertz CT molecular complexity index is 538. The summed E-state index contributed by atoms with van der Waals surface area (Å²) in [6, 6.07) is 3.55. The molecule has 90 valence electrons. The van der Waals surface area contributed by atoms with E-state index in [1.54, 1.807) is 26.0 Å². The summed E-state index contributed by atoms with van der Waals surface area (Å²) < 4.78 is 15.6. The van der Waals surface area contributed by atoms with E-state index in [-0.39, 0.29) is 5.76 Å². The van der Waals surface area contributed by atoms with E-state index in [0.29, 0.717) is 24.0 Å². The van der Waals surface area contributed by atoms with Crippen LogP contribution < -0.4 is 0 Å². The summed E-state index contributed by atoms with van der Waals surface area (Å²) in [4.78, 5) is 15.7. The lowest BCUT2D eigenvalue weighted by Crippen LogP contribution is -2.04. The quantitative estimate of drug-likeness (QED) is 0.765. The predicted octanol–water partition coefficient (Wildman–Crippen LogP) is 2.73. The highest BCUT2D eigenvalue weighted by Gasteiger charge is 2.20. The molecule has 2 aromatic rings. The van der Waals surface area contributed by atoms with Crippen LogP contribution in [0.4, 0.5) is 0 Å². The monoisotopic (exact) mass is 235 g/mol. The second-order valence-corrected chi connectivity index (χ2v) is 3.56. The van der Waals surface area contributed by atoms with Crippen molar-refractivity contribution in [3.05, 3.63) is 29.3 Å². The lowest BCUT2D eigenvalue weighted by atomic mass is 10.4. The highest BCUT2D eigenvalue weighted by molar-refractivity contribution is 5.87. The van der Waals surface area contributed by atoms with Gasteiger partial charge in [-0.05, 0) is 32.9 Å². The number of esters is 1. The van der Waals surface area contributed by atoms with Crippen LogP contribution >= 0.6 is 0 Å². The first-order valence-corrected chi connectivity index (χ1v) is 5.33. The molecular weight excluding hydrogens is 222 g/mol. The highest BCUT2D eigenvalue weighted by atomic mass is 16.5. The van der Waals surface area contributed by atoms with E-state index in [9.17, 15) is 4.79 Å². The molecule has 0 radical (unpaired) electrons. The highest BCUT2D eigenvalue weighted by Crippen LogP contribution is 2.24. The molecule has 0 N–H and O–H groups in total. The summed E-state index contributed by atoms with van der Waals surface area (Å²) in [5, 5.41) is 0. The molecule has 0 amide bonds. The van der Waals surface area contributed by atoms with Crippen molar-refractivity contribution in [1.29, 1.82) is 0 Å². The van der Waals surface area contributed by atoms with Crippen molar-refractivity contribution in [2.75, 3.05) is 6.61 Å². The molecule has 2 aromatic heterocycles. The van der Waals surface area contributed by atoms with E-state index < -0.39 is 5.97 Å². The van der Waals surface area contributed by atoms with Crippen molar-refractivity contribution < 1.29 is 18.4 Å². The minimum absolute atomic E-state index is 0.121. The third-order valence-corrected chi connectivity index (χ3v) is 2.21. The van der Waals surface area contributed by atoms with E-state index in [1.807, 2.05) is 6.92 Å². The van der Waals surface area contributed by atoms with E-state index in [4.69, 9.17) is 13.6 Å². The standard InChI is InChI=1S/C12H13NO4/c1-4-15-12(14)10-8(3)13-11(17-10)9-6-5-7(2)16-9/h5-6H,4H2,1-3H3. The summed E-state index contributed by atoms with van der Waals surface area (Å²) in [5.41, 5.74) is 0.493. The number of oxazole rings is 1. The maximum absolute atomic E-state index is 11.5. The molecule has 2 rings (SSSR count). The maximum atomic E-state index is 11.5. The molecule has 0 unspecified atom stereocenters. The Morgan fingerprint density at radius 1 is 1.35 bits per heavy atom. The van der Waals surface area contributed by atoms with Gasteiger partial charge in [0, 0.05) is 0 Å². The van der Waals surface area contributed by atoms with Gasteiger partial charge in [0.15, 0.2) is 5.76 Å². The minimum atomic E-state index is -0.507. The summed E-state index contributed by atoms with van der Waals surface area (Å²) in [6.45, 7) is 5.55. The van der Waals surface area contributed by atoms with Gasteiger partial charge in [0.05, 0.1) is 12.3 Å². The van der Waals surface area contributed by atoms with Gasteiger partial charge >= 0.3 is 5.97 Å². The number of furan rings is 1. The fourth-order valence-corrected chi connectivity index (χ4v) is 1.44. The van der Waals surface area contributed by atoms with Crippen LogP contribution in [-0.4, -0.2) is 17.6 Å². The van der Waals surface area contributed by atoms with E-state index in [1.165, 1.54) is 0 Å². The average Bonchev–Trinajstić information content (AvgIpc) is 2.85. The molecule has 0 atom stereocenters. The molecule has 0 saturated heterocycles. The van der Waals surface area contributed by atoms with Crippen LogP contribution in [0.15, 0.2) is 21.0 Å². The summed E-state index contributed by atoms with van der Waals surface area (Å²) in [5.74, 6) is 1.16. The Hall–Kier alpha value is -2.04. The van der Waals surface area contributed by atoms with Gasteiger partial charge in [0.2, 0.25) is 5.76 Å². The van der Waals surface area contributed by atoms with Crippen molar-refractivity contribution in [3.63, 3.8) is 0 Å². The Kier molecular flexibility index (Phi) is 2.99. The molecule has 0 saturated carbocycles. The first-order chi connectivity index (χ1) is 8.11. The lowest BCUT2D eigenvalue weighted by molar-refractivity contribution is 0.0490. The van der Waals surface area contributed by atoms with Crippen LogP contribution in [0.5, 0.6) is 0 Å². The minimum Gasteiger partial charge on any atom is -0.460 e. The van der Waals surface area contributed by atoms with Crippen molar-refractivity contribution in [2.24, 2.45) is 0 Å². The van der Waals surface area contributed by atoms with Crippen molar-refractivity contribution >= 4 is 5.97 Å². The number of hydrogen-bond donors (Lipinski definition) is 0. The fraction of sp³-hybridized carbons (Fsp3) is 0.333. The Labute approximate surface area is 98.4 Å². The lowest BCUT2D eigenvalue weighted by Gasteiger charge is -1.96. The topological polar surface area (TPSA) is 65.5 Å². The summed E-state index contributed by atoms with van der Waals surface area (Å²) >= 11 is 0. The number of aryl methyl sites for hydroxylation is 2. The molecule has 0 fully saturated rings. The largest absolute Gasteiger partial charge is 0.460 e. The van der Waals surface area contributed by atoms with E-state index in [0.717, 1.165) is 5.76 Å². The van der Waals surface area contributed by atoms with E-state index >= 15 is 0 Å². The zero-order chi connectivity index (χ0) is 12.4. The van der Waals surface area contributed by atoms with Crippen LogP contribution in [-0.2, 0) is 4.74 Å². The van der Waals surface area contributed by atoms with Gasteiger partial charge in [-0.1, -0.05) is 0 Å². The molecule has 0 bridgehead atoms. The number of carbonyl (C=O) groups is 1. The Morgan fingerprint density at radius 2 is 2.12 bits per heavy atom. The number of carbonyl (C=O) groups excluding carboxylic acids is 1. The molecule has 5 heteroatoms. The Balaban J connectivity index is 2.33.